The van der Waals surface area contributed by atoms with E-state index in [2.05, 4.69) is 6.07 Å². The maximum atomic E-state index is 13.3. The highest BCUT2D eigenvalue weighted by molar-refractivity contribution is 5.87. The fourth-order valence-corrected chi connectivity index (χ4v) is 5.99. The molecule has 164 valence electrons. The molecule has 2 amide bonds. The number of halogens is 1. The number of nitrogens with zero attached hydrogens (tertiary/aromatic N) is 4. The van der Waals surface area contributed by atoms with Gasteiger partial charge in [0, 0.05) is 25.2 Å². The van der Waals surface area contributed by atoms with Crippen molar-refractivity contribution in [3.8, 4) is 6.07 Å². The number of benzene rings is 1. The number of amides is 2. The summed E-state index contributed by atoms with van der Waals surface area (Å²) < 4.78 is 13.3. The number of hydrogen-bond acceptors (Lipinski definition) is 5. The van der Waals surface area contributed by atoms with Crippen LogP contribution in [0.2, 0.25) is 0 Å². The van der Waals surface area contributed by atoms with Gasteiger partial charge in [-0.25, -0.2) is 4.39 Å². The number of carbonyl (C=O) groups is 2. The standard InChI is InChI=1S/C23H28FN5O2/c1-2-19(13-3-5-15(24)6-4-13)29-17-9-21(23(29)31)27(11-17)12-18(26)22(30)28-16(10-25)7-14-8-20(14)28/h3-6,14,16-21H,2,7-9,11-12,26H2,1H3/t14-,16+,17-,18+,19+,20?,21-/m1/s1. The highest BCUT2D eigenvalue weighted by atomic mass is 19.1. The van der Waals surface area contributed by atoms with Crippen LogP contribution in [0, 0.1) is 23.1 Å². The summed E-state index contributed by atoms with van der Waals surface area (Å²) in [5.74, 6) is 0.0646. The molecule has 4 fully saturated rings. The molecule has 8 heteroatoms. The Labute approximate surface area is 181 Å². The second-order valence-corrected chi connectivity index (χ2v) is 9.38. The van der Waals surface area contributed by atoms with Crippen molar-refractivity contribution in [1.29, 1.82) is 5.26 Å². The molecule has 7 nitrogen and oxygen atoms in total. The fraction of sp³-hybridized carbons (Fsp3) is 0.609. The first-order valence-electron chi connectivity index (χ1n) is 11.2. The third kappa shape index (κ3) is 3.31. The highest BCUT2D eigenvalue weighted by Crippen LogP contribution is 2.48. The molecule has 2 N–H and O–H groups in total. The maximum Gasteiger partial charge on any atom is 0.242 e. The van der Waals surface area contributed by atoms with Crippen LogP contribution in [0.4, 0.5) is 4.39 Å². The fourth-order valence-electron chi connectivity index (χ4n) is 5.99. The second kappa shape index (κ2) is 7.57. The van der Waals surface area contributed by atoms with Crippen molar-refractivity contribution in [3.63, 3.8) is 0 Å². The predicted molar refractivity (Wildman–Crippen MR) is 111 cm³/mol. The van der Waals surface area contributed by atoms with E-state index in [-0.39, 0.29) is 47.8 Å². The molecule has 5 rings (SSSR count). The molecule has 3 aliphatic heterocycles. The third-order valence-electron chi connectivity index (χ3n) is 7.55. The summed E-state index contributed by atoms with van der Waals surface area (Å²) >= 11 is 0. The topological polar surface area (TPSA) is 93.7 Å². The highest BCUT2D eigenvalue weighted by Gasteiger charge is 2.56. The largest absolute Gasteiger partial charge is 0.330 e. The SMILES string of the molecule is CC[C@@H](c1ccc(F)cc1)N1C(=O)[C@H]2C[C@@H]1CN2C[C@H](N)C(=O)N1C2C[C@H]2C[C@H]1C#N. The van der Waals surface area contributed by atoms with Crippen molar-refractivity contribution in [2.75, 3.05) is 13.1 Å². The Morgan fingerprint density at radius 3 is 2.68 bits per heavy atom. The lowest BCUT2D eigenvalue weighted by Crippen LogP contribution is -2.57. The molecule has 2 bridgehead atoms. The minimum absolute atomic E-state index is 0.0606. The van der Waals surface area contributed by atoms with Crippen LogP contribution in [0.1, 0.15) is 44.2 Å². The van der Waals surface area contributed by atoms with Gasteiger partial charge in [-0.3, -0.25) is 14.5 Å². The van der Waals surface area contributed by atoms with E-state index >= 15 is 0 Å². The summed E-state index contributed by atoms with van der Waals surface area (Å²) in [6.45, 7) is 3.05. The number of nitrogens with two attached hydrogens (primary N) is 1. The number of nitriles is 1. The van der Waals surface area contributed by atoms with Gasteiger partial charge in [0.1, 0.15) is 11.9 Å². The van der Waals surface area contributed by atoms with Crippen molar-refractivity contribution < 1.29 is 14.0 Å². The molecule has 3 heterocycles. The second-order valence-electron chi connectivity index (χ2n) is 9.38. The van der Waals surface area contributed by atoms with Gasteiger partial charge in [0.05, 0.1) is 24.2 Å². The van der Waals surface area contributed by atoms with E-state index in [1.807, 2.05) is 16.7 Å². The number of hydrogen-bond donors (Lipinski definition) is 1. The van der Waals surface area contributed by atoms with Gasteiger partial charge in [0.2, 0.25) is 11.8 Å². The molecule has 4 aliphatic rings. The molecule has 1 aromatic rings. The van der Waals surface area contributed by atoms with Gasteiger partial charge in [-0.1, -0.05) is 19.1 Å². The molecular formula is C23H28FN5O2. The summed E-state index contributed by atoms with van der Waals surface area (Å²) in [4.78, 5) is 31.8. The first-order valence-corrected chi connectivity index (χ1v) is 11.2. The molecule has 1 aromatic carbocycles. The summed E-state index contributed by atoms with van der Waals surface area (Å²) in [7, 11) is 0. The van der Waals surface area contributed by atoms with Gasteiger partial charge in [0.25, 0.3) is 0 Å². The Morgan fingerprint density at radius 2 is 2.03 bits per heavy atom. The first kappa shape index (κ1) is 20.4. The smallest absolute Gasteiger partial charge is 0.242 e. The summed E-state index contributed by atoms with van der Waals surface area (Å²) in [5.41, 5.74) is 7.22. The molecule has 3 saturated heterocycles. The van der Waals surface area contributed by atoms with Gasteiger partial charge in [0.15, 0.2) is 0 Å². The normalized spacial score (nSPS) is 33.4. The Kier molecular flexibility index (Phi) is 4.98. The lowest BCUT2D eigenvalue weighted by atomic mass is 10.0. The Bertz CT molecular complexity index is 931. The molecule has 1 aliphatic carbocycles. The zero-order valence-corrected chi connectivity index (χ0v) is 17.7. The van der Waals surface area contributed by atoms with Gasteiger partial charge in [-0.05, 0) is 49.3 Å². The molecule has 1 saturated carbocycles. The molecule has 31 heavy (non-hydrogen) atoms. The predicted octanol–water partition coefficient (Wildman–Crippen LogP) is 1.40. The van der Waals surface area contributed by atoms with E-state index < -0.39 is 6.04 Å². The Hall–Kier alpha value is -2.50. The first-order chi connectivity index (χ1) is 14.9. The quantitative estimate of drug-likeness (QED) is 0.744. The number of rotatable bonds is 6. The molecule has 7 atom stereocenters. The Morgan fingerprint density at radius 1 is 1.29 bits per heavy atom. The van der Waals surface area contributed by atoms with Crippen LogP contribution in [-0.4, -0.2) is 69.8 Å². The minimum atomic E-state index is -0.727. The monoisotopic (exact) mass is 425 g/mol. The summed E-state index contributed by atoms with van der Waals surface area (Å²) in [6, 6.07) is 7.42. The lowest BCUT2D eigenvalue weighted by Gasteiger charge is -2.39. The van der Waals surface area contributed by atoms with E-state index in [1.54, 1.807) is 17.0 Å². The molecule has 0 aromatic heterocycles. The van der Waals surface area contributed by atoms with Crippen molar-refractivity contribution in [2.24, 2.45) is 11.7 Å². The van der Waals surface area contributed by atoms with E-state index in [1.165, 1.54) is 12.1 Å². The van der Waals surface area contributed by atoms with Crippen LogP contribution in [0.25, 0.3) is 0 Å². The van der Waals surface area contributed by atoms with E-state index in [9.17, 15) is 19.2 Å². The van der Waals surface area contributed by atoms with Crippen molar-refractivity contribution in [2.45, 2.75) is 68.9 Å². The van der Waals surface area contributed by atoms with Crippen LogP contribution >= 0.6 is 0 Å². The average molecular weight is 426 g/mol. The molecular weight excluding hydrogens is 397 g/mol. The van der Waals surface area contributed by atoms with Gasteiger partial charge < -0.3 is 15.5 Å². The number of carbonyl (C=O) groups excluding carboxylic acids is 2. The van der Waals surface area contributed by atoms with E-state index in [4.69, 9.17) is 5.73 Å². The van der Waals surface area contributed by atoms with Gasteiger partial charge in [-0.15, -0.1) is 0 Å². The van der Waals surface area contributed by atoms with Crippen molar-refractivity contribution >= 4 is 11.8 Å². The van der Waals surface area contributed by atoms with Gasteiger partial charge >= 0.3 is 0 Å². The Balaban J connectivity index is 1.25. The average Bonchev–Trinajstić information content (AvgIpc) is 3.10. The van der Waals surface area contributed by atoms with Crippen LogP contribution < -0.4 is 5.73 Å². The number of likely N-dealkylation sites (tertiary alicyclic amines) is 3. The van der Waals surface area contributed by atoms with Crippen LogP contribution in [-0.2, 0) is 9.59 Å². The molecule has 0 radical (unpaired) electrons. The zero-order valence-electron chi connectivity index (χ0n) is 17.7. The molecule has 0 spiro atoms. The number of piperazine rings is 1. The van der Waals surface area contributed by atoms with Crippen molar-refractivity contribution in [3.05, 3.63) is 35.6 Å². The molecule has 1 unspecified atom stereocenters. The van der Waals surface area contributed by atoms with Gasteiger partial charge in [-0.2, -0.15) is 5.26 Å². The minimum Gasteiger partial charge on any atom is -0.330 e. The van der Waals surface area contributed by atoms with Crippen LogP contribution in [0.3, 0.4) is 0 Å². The van der Waals surface area contributed by atoms with E-state index in [0.717, 1.165) is 31.2 Å². The summed E-state index contributed by atoms with van der Waals surface area (Å²) in [6.07, 6.45) is 3.21. The zero-order chi connectivity index (χ0) is 21.9. The van der Waals surface area contributed by atoms with Crippen LogP contribution in [0.5, 0.6) is 0 Å². The number of piperidine rings is 1. The third-order valence-corrected chi connectivity index (χ3v) is 7.55. The lowest BCUT2D eigenvalue weighted by molar-refractivity contribution is -0.141. The van der Waals surface area contributed by atoms with E-state index in [0.29, 0.717) is 19.0 Å². The van der Waals surface area contributed by atoms with Crippen LogP contribution in [0.15, 0.2) is 24.3 Å². The van der Waals surface area contributed by atoms with Crippen molar-refractivity contribution in [1.82, 2.24) is 14.7 Å². The number of fused-ring (bicyclic) bond motifs is 3. The summed E-state index contributed by atoms with van der Waals surface area (Å²) in [5, 5.41) is 9.36. The maximum absolute atomic E-state index is 13.3.